The van der Waals surface area contributed by atoms with Crippen LogP contribution in [0.5, 0.6) is 0 Å². The third-order valence-corrected chi connectivity index (χ3v) is 2.50. The second kappa shape index (κ2) is 5.26. The van der Waals surface area contributed by atoms with E-state index in [1.165, 1.54) is 0 Å². The molecule has 18 heavy (non-hydrogen) atoms. The minimum Gasteiger partial charge on any atom is -0.366 e. The molecular formula is C11H13N3O4. The number of rotatable bonds is 5. The van der Waals surface area contributed by atoms with Crippen molar-refractivity contribution in [2.45, 2.75) is 19.8 Å². The summed E-state index contributed by atoms with van der Waals surface area (Å²) in [5.74, 6) is -1.73. The highest BCUT2D eigenvalue weighted by molar-refractivity contribution is 6.07. The van der Waals surface area contributed by atoms with Gasteiger partial charge in [0.2, 0.25) is 11.8 Å². The maximum atomic E-state index is 11.4. The summed E-state index contributed by atoms with van der Waals surface area (Å²) in [6, 6.07) is 2.32. The average Bonchev–Trinajstić information content (AvgIpc) is 2.27. The zero-order chi connectivity index (χ0) is 13.9. The van der Waals surface area contributed by atoms with Crippen molar-refractivity contribution in [1.82, 2.24) is 0 Å². The van der Waals surface area contributed by atoms with Crippen molar-refractivity contribution in [2.24, 2.45) is 11.5 Å². The summed E-state index contributed by atoms with van der Waals surface area (Å²) in [5, 5.41) is 10.9. The highest BCUT2D eigenvalue weighted by Gasteiger charge is 2.25. The zero-order valence-corrected chi connectivity index (χ0v) is 9.80. The number of nitro benzene ring substituents is 1. The number of carbonyl (C=O) groups excluding carboxylic acids is 2. The van der Waals surface area contributed by atoms with Gasteiger partial charge in [-0.25, -0.2) is 0 Å². The number of hydrogen-bond donors (Lipinski definition) is 2. The number of nitrogens with two attached hydrogens (primary N) is 2. The molecule has 0 bridgehead atoms. The van der Waals surface area contributed by atoms with Gasteiger partial charge < -0.3 is 11.5 Å². The topological polar surface area (TPSA) is 129 Å². The third kappa shape index (κ3) is 2.45. The maximum absolute atomic E-state index is 11.4. The van der Waals surface area contributed by atoms with Crippen molar-refractivity contribution in [1.29, 1.82) is 0 Å². The fourth-order valence-corrected chi connectivity index (χ4v) is 1.80. The van der Waals surface area contributed by atoms with Gasteiger partial charge in [0.15, 0.2) is 0 Å². The van der Waals surface area contributed by atoms with Gasteiger partial charge in [0.1, 0.15) is 0 Å². The lowest BCUT2D eigenvalue weighted by Gasteiger charge is -2.10. The summed E-state index contributed by atoms with van der Waals surface area (Å²) >= 11 is 0. The molecule has 96 valence electrons. The maximum Gasteiger partial charge on any atom is 0.273 e. The van der Waals surface area contributed by atoms with Crippen LogP contribution in [0.15, 0.2) is 12.1 Å². The Morgan fingerprint density at radius 2 is 1.89 bits per heavy atom. The number of nitro groups is 1. The van der Waals surface area contributed by atoms with Crippen molar-refractivity contribution in [3.05, 3.63) is 38.9 Å². The van der Waals surface area contributed by atoms with Crippen molar-refractivity contribution in [3.63, 3.8) is 0 Å². The van der Waals surface area contributed by atoms with E-state index >= 15 is 0 Å². The lowest BCUT2D eigenvalue weighted by atomic mass is 9.95. The standard InChI is InChI=1S/C11H13N3O4/c1-2-3-6-8(14(17)18)5-4-7(10(12)15)9(6)11(13)16/h4-5H,2-3H2,1H3,(H2,12,15)(H2,13,16). The third-order valence-electron chi connectivity index (χ3n) is 2.50. The molecule has 0 aliphatic carbocycles. The number of hydrogen-bond acceptors (Lipinski definition) is 4. The normalized spacial score (nSPS) is 10.1. The van der Waals surface area contributed by atoms with Crippen LogP contribution in [-0.2, 0) is 6.42 Å². The second-order valence-corrected chi connectivity index (χ2v) is 3.72. The fourth-order valence-electron chi connectivity index (χ4n) is 1.80. The van der Waals surface area contributed by atoms with Gasteiger partial charge in [0, 0.05) is 11.6 Å². The molecule has 0 saturated carbocycles. The molecule has 7 nitrogen and oxygen atoms in total. The summed E-state index contributed by atoms with van der Waals surface area (Å²) in [7, 11) is 0. The van der Waals surface area contributed by atoms with E-state index in [1.807, 2.05) is 0 Å². The Hall–Kier alpha value is -2.44. The summed E-state index contributed by atoms with van der Waals surface area (Å²) in [6.07, 6.45) is 0.846. The van der Waals surface area contributed by atoms with Gasteiger partial charge in [0.05, 0.1) is 16.1 Å². The molecule has 7 heteroatoms. The van der Waals surface area contributed by atoms with Gasteiger partial charge >= 0.3 is 0 Å². The average molecular weight is 251 g/mol. The van der Waals surface area contributed by atoms with Gasteiger partial charge in [-0.15, -0.1) is 0 Å². The van der Waals surface area contributed by atoms with Crippen molar-refractivity contribution in [2.75, 3.05) is 0 Å². The first-order valence-corrected chi connectivity index (χ1v) is 5.30. The summed E-state index contributed by atoms with van der Waals surface area (Å²) in [5.41, 5.74) is 10.0. The van der Waals surface area contributed by atoms with E-state index in [1.54, 1.807) is 6.92 Å². The molecule has 0 aliphatic rings. The highest BCUT2D eigenvalue weighted by Crippen LogP contribution is 2.26. The molecule has 0 heterocycles. The first kappa shape index (κ1) is 13.6. The van der Waals surface area contributed by atoms with E-state index < -0.39 is 16.7 Å². The Bertz CT molecular complexity index is 525. The highest BCUT2D eigenvalue weighted by atomic mass is 16.6. The molecular weight excluding hydrogens is 238 g/mol. The van der Waals surface area contributed by atoms with Crippen LogP contribution in [0.1, 0.15) is 39.6 Å². The van der Waals surface area contributed by atoms with Crippen LogP contribution in [0.4, 0.5) is 5.69 Å². The van der Waals surface area contributed by atoms with Gasteiger partial charge in [-0.3, -0.25) is 19.7 Å². The first-order chi connectivity index (χ1) is 8.40. The fraction of sp³-hybridized carbons (Fsp3) is 0.273. The Balaban J connectivity index is 3.64. The molecule has 1 aromatic carbocycles. The van der Waals surface area contributed by atoms with Crippen LogP contribution in [0.3, 0.4) is 0 Å². The zero-order valence-electron chi connectivity index (χ0n) is 9.80. The Morgan fingerprint density at radius 1 is 1.28 bits per heavy atom. The molecule has 0 fully saturated rings. The van der Waals surface area contributed by atoms with Gasteiger partial charge in [-0.1, -0.05) is 13.3 Å². The number of nitrogens with zero attached hydrogens (tertiary/aromatic N) is 1. The van der Waals surface area contributed by atoms with Gasteiger partial charge in [0.25, 0.3) is 5.69 Å². The largest absolute Gasteiger partial charge is 0.366 e. The Kier molecular flexibility index (Phi) is 3.98. The van der Waals surface area contributed by atoms with E-state index in [0.717, 1.165) is 12.1 Å². The van der Waals surface area contributed by atoms with E-state index in [4.69, 9.17) is 11.5 Å². The van der Waals surface area contributed by atoms with Crippen molar-refractivity contribution < 1.29 is 14.5 Å². The molecule has 2 amide bonds. The summed E-state index contributed by atoms with van der Waals surface area (Å²) in [4.78, 5) is 32.9. The lowest BCUT2D eigenvalue weighted by Crippen LogP contribution is -2.23. The molecule has 0 atom stereocenters. The van der Waals surface area contributed by atoms with E-state index in [2.05, 4.69) is 0 Å². The summed E-state index contributed by atoms with van der Waals surface area (Å²) < 4.78 is 0. The van der Waals surface area contributed by atoms with Crippen LogP contribution in [0.2, 0.25) is 0 Å². The number of carbonyl (C=O) groups is 2. The van der Waals surface area contributed by atoms with Crippen molar-refractivity contribution in [3.8, 4) is 0 Å². The van der Waals surface area contributed by atoms with E-state index in [9.17, 15) is 19.7 Å². The molecule has 0 saturated heterocycles. The van der Waals surface area contributed by atoms with Crippen LogP contribution < -0.4 is 11.5 Å². The SMILES string of the molecule is CCCc1c([N+](=O)[O-])ccc(C(N)=O)c1C(N)=O. The predicted molar refractivity (Wildman–Crippen MR) is 64.1 cm³/mol. The second-order valence-electron chi connectivity index (χ2n) is 3.72. The van der Waals surface area contributed by atoms with E-state index in [-0.39, 0.29) is 28.8 Å². The van der Waals surface area contributed by atoms with Crippen molar-refractivity contribution >= 4 is 17.5 Å². The molecule has 4 N–H and O–H groups in total. The molecule has 1 aromatic rings. The molecule has 0 spiro atoms. The predicted octanol–water partition coefficient (Wildman–Crippen LogP) is 0.745. The Labute approximate surface area is 103 Å². The minimum absolute atomic E-state index is 0.0865. The number of benzene rings is 1. The van der Waals surface area contributed by atoms with Crippen LogP contribution in [0, 0.1) is 10.1 Å². The minimum atomic E-state index is -0.893. The molecule has 0 radical (unpaired) electrons. The van der Waals surface area contributed by atoms with Gasteiger partial charge in [-0.05, 0) is 12.5 Å². The lowest BCUT2D eigenvalue weighted by molar-refractivity contribution is -0.385. The monoisotopic (exact) mass is 251 g/mol. The number of primary amides is 2. The summed E-state index contributed by atoms with van der Waals surface area (Å²) in [6.45, 7) is 1.80. The Morgan fingerprint density at radius 3 is 2.28 bits per heavy atom. The molecule has 0 aliphatic heterocycles. The molecule has 0 unspecified atom stereocenters. The molecule has 1 rings (SSSR count). The number of amides is 2. The van der Waals surface area contributed by atoms with Gasteiger partial charge in [-0.2, -0.15) is 0 Å². The van der Waals surface area contributed by atoms with Crippen LogP contribution in [0.25, 0.3) is 0 Å². The quantitative estimate of drug-likeness (QED) is 0.590. The van der Waals surface area contributed by atoms with E-state index in [0.29, 0.717) is 6.42 Å². The molecule has 0 aromatic heterocycles. The smallest absolute Gasteiger partial charge is 0.273 e. The first-order valence-electron chi connectivity index (χ1n) is 5.30. The van der Waals surface area contributed by atoms with Crippen LogP contribution >= 0.6 is 0 Å². The van der Waals surface area contributed by atoms with Crippen LogP contribution in [-0.4, -0.2) is 16.7 Å².